The minimum absolute atomic E-state index is 0.0105. The van der Waals surface area contributed by atoms with Crippen LogP contribution in [0.4, 0.5) is 0 Å². The summed E-state index contributed by atoms with van der Waals surface area (Å²) in [6.45, 7) is 1.37. The van der Waals surface area contributed by atoms with Crippen molar-refractivity contribution in [3.63, 3.8) is 0 Å². The minimum atomic E-state index is -0.508. The highest BCUT2D eigenvalue weighted by molar-refractivity contribution is 6.30. The normalized spacial score (nSPS) is 19.9. The van der Waals surface area contributed by atoms with Gasteiger partial charge in [-0.2, -0.15) is 0 Å². The summed E-state index contributed by atoms with van der Waals surface area (Å²) in [5, 5.41) is 3.81. The number of amides is 2. The first-order valence-corrected chi connectivity index (χ1v) is 11.4. The SMILES string of the molecule is COCCN1C(=O)c2ccccc2[C@@H](C(=O)NCc2ccc(Cl)cc2)C12CCCCC2. The summed E-state index contributed by atoms with van der Waals surface area (Å²) in [5.41, 5.74) is 1.96. The van der Waals surface area contributed by atoms with Crippen LogP contribution >= 0.6 is 11.6 Å². The lowest BCUT2D eigenvalue weighted by atomic mass is 9.65. The molecule has 0 saturated heterocycles. The first-order valence-electron chi connectivity index (χ1n) is 11.0. The highest BCUT2D eigenvalue weighted by Gasteiger charge is 2.54. The Morgan fingerprint density at radius 2 is 1.84 bits per heavy atom. The van der Waals surface area contributed by atoms with E-state index in [1.807, 2.05) is 53.4 Å². The smallest absolute Gasteiger partial charge is 0.254 e. The van der Waals surface area contributed by atoms with Crippen LogP contribution in [0.1, 0.15) is 59.5 Å². The van der Waals surface area contributed by atoms with Crippen molar-refractivity contribution in [2.24, 2.45) is 0 Å². The van der Waals surface area contributed by atoms with Crippen LogP contribution in [-0.2, 0) is 16.1 Å². The molecule has 5 nitrogen and oxygen atoms in total. The predicted octanol–water partition coefficient (Wildman–Crippen LogP) is 4.55. The molecule has 0 unspecified atom stereocenters. The minimum Gasteiger partial charge on any atom is -0.383 e. The molecule has 1 fully saturated rings. The Labute approximate surface area is 188 Å². The van der Waals surface area contributed by atoms with Crippen molar-refractivity contribution in [3.8, 4) is 0 Å². The fourth-order valence-corrected chi connectivity index (χ4v) is 5.37. The maximum Gasteiger partial charge on any atom is 0.254 e. The van der Waals surface area contributed by atoms with Gasteiger partial charge >= 0.3 is 0 Å². The number of methoxy groups -OCH3 is 1. The molecule has 1 spiro atoms. The molecule has 0 bridgehead atoms. The van der Waals surface area contributed by atoms with E-state index in [-0.39, 0.29) is 11.8 Å². The van der Waals surface area contributed by atoms with Crippen molar-refractivity contribution in [1.29, 1.82) is 0 Å². The van der Waals surface area contributed by atoms with Gasteiger partial charge in [0.2, 0.25) is 5.91 Å². The standard InChI is InChI=1S/C25H29ClN2O3/c1-31-16-15-28-24(30)21-8-4-3-7-20(21)22(25(28)13-5-2-6-14-25)23(29)27-17-18-9-11-19(26)12-10-18/h3-4,7-12,22H,2,5-6,13-17H2,1H3,(H,27,29)/t22-/m0/s1. The number of ether oxygens (including phenoxy) is 1. The van der Waals surface area contributed by atoms with E-state index in [4.69, 9.17) is 16.3 Å². The quantitative estimate of drug-likeness (QED) is 0.717. The lowest BCUT2D eigenvalue weighted by Crippen LogP contribution is -2.63. The first-order chi connectivity index (χ1) is 15.1. The van der Waals surface area contributed by atoms with Crippen LogP contribution in [-0.4, -0.2) is 42.5 Å². The van der Waals surface area contributed by atoms with Crippen LogP contribution in [0.3, 0.4) is 0 Å². The molecule has 0 aromatic heterocycles. The lowest BCUT2D eigenvalue weighted by Gasteiger charge is -2.53. The van der Waals surface area contributed by atoms with Crippen molar-refractivity contribution < 1.29 is 14.3 Å². The van der Waals surface area contributed by atoms with Crippen LogP contribution in [0, 0.1) is 0 Å². The third-order valence-corrected chi connectivity index (χ3v) is 6.95. The number of benzene rings is 2. The number of nitrogens with one attached hydrogen (secondary N) is 1. The van der Waals surface area contributed by atoms with Gasteiger partial charge in [-0.1, -0.05) is 61.2 Å². The summed E-state index contributed by atoms with van der Waals surface area (Å²) in [4.78, 5) is 29.1. The van der Waals surface area contributed by atoms with Crippen LogP contribution in [0.15, 0.2) is 48.5 Å². The van der Waals surface area contributed by atoms with E-state index in [1.165, 1.54) is 0 Å². The molecule has 6 heteroatoms. The molecule has 4 rings (SSSR count). The Bertz CT molecular complexity index is 938. The van der Waals surface area contributed by atoms with Crippen molar-refractivity contribution in [2.75, 3.05) is 20.3 Å². The Kier molecular flexibility index (Phi) is 6.63. The average molecular weight is 441 g/mol. The van der Waals surface area contributed by atoms with Gasteiger partial charge in [0.1, 0.15) is 0 Å². The molecule has 1 N–H and O–H groups in total. The number of carbonyl (C=O) groups excluding carboxylic acids is 2. The Morgan fingerprint density at radius 3 is 2.55 bits per heavy atom. The summed E-state index contributed by atoms with van der Waals surface area (Å²) in [6.07, 6.45) is 4.82. The fourth-order valence-electron chi connectivity index (χ4n) is 5.24. The monoisotopic (exact) mass is 440 g/mol. The second-order valence-electron chi connectivity index (χ2n) is 8.48. The van der Waals surface area contributed by atoms with E-state index in [2.05, 4.69) is 5.32 Å². The zero-order chi connectivity index (χ0) is 21.8. The Balaban J connectivity index is 1.70. The molecule has 2 aromatic carbocycles. The van der Waals surface area contributed by atoms with Gasteiger partial charge in [0.05, 0.1) is 18.1 Å². The Hall–Kier alpha value is -2.37. The first kappa shape index (κ1) is 21.8. The fraction of sp³-hybridized carbons (Fsp3) is 0.440. The van der Waals surface area contributed by atoms with E-state index in [0.717, 1.165) is 43.2 Å². The number of hydrogen-bond acceptors (Lipinski definition) is 3. The van der Waals surface area contributed by atoms with Gasteiger partial charge in [-0.25, -0.2) is 0 Å². The molecule has 31 heavy (non-hydrogen) atoms. The molecule has 2 aromatic rings. The number of fused-ring (bicyclic) bond motifs is 1. The number of hydrogen-bond donors (Lipinski definition) is 1. The number of halogens is 1. The lowest BCUT2D eigenvalue weighted by molar-refractivity contribution is -0.127. The predicted molar refractivity (Wildman–Crippen MR) is 121 cm³/mol. The second kappa shape index (κ2) is 9.41. The van der Waals surface area contributed by atoms with E-state index in [9.17, 15) is 9.59 Å². The molecule has 1 aliphatic heterocycles. The van der Waals surface area contributed by atoms with Crippen molar-refractivity contribution in [3.05, 3.63) is 70.2 Å². The number of carbonyl (C=O) groups is 2. The largest absolute Gasteiger partial charge is 0.383 e. The molecule has 164 valence electrons. The van der Waals surface area contributed by atoms with Crippen LogP contribution in [0.25, 0.3) is 0 Å². The van der Waals surface area contributed by atoms with Gasteiger partial charge in [-0.05, 0) is 42.2 Å². The highest BCUT2D eigenvalue weighted by atomic mass is 35.5. The van der Waals surface area contributed by atoms with Gasteiger partial charge in [0.25, 0.3) is 5.91 Å². The van der Waals surface area contributed by atoms with Crippen molar-refractivity contribution >= 4 is 23.4 Å². The molecule has 1 saturated carbocycles. The Morgan fingerprint density at radius 1 is 1.13 bits per heavy atom. The van der Waals surface area contributed by atoms with Crippen LogP contribution < -0.4 is 5.32 Å². The molecule has 1 heterocycles. The topological polar surface area (TPSA) is 58.6 Å². The van der Waals surface area contributed by atoms with Crippen LogP contribution in [0.5, 0.6) is 0 Å². The van der Waals surface area contributed by atoms with E-state index in [0.29, 0.717) is 30.3 Å². The second-order valence-corrected chi connectivity index (χ2v) is 8.91. The molecular weight excluding hydrogens is 412 g/mol. The van der Waals surface area contributed by atoms with Gasteiger partial charge in [0, 0.05) is 30.8 Å². The van der Waals surface area contributed by atoms with E-state index >= 15 is 0 Å². The van der Waals surface area contributed by atoms with Crippen molar-refractivity contribution in [2.45, 2.75) is 50.1 Å². The zero-order valence-corrected chi connectivity index (χ0v) is 18.7. The summed E-state index contributed by atoms with van der Waals surface area (Å²) in [7, 11) is 1.65. The maximum absolute atomic E-state index is 13.7. The van der Waals surface area contributed by atoms with Gasteiger partial charge in [0.15, 0.2) is 0 Å². The van der Waals surface area contributed by atoms with Crippen LogP contribution in [0.2, 0.25) is 5.02 Å². The van der Waals surface area contributed by atoms with Gasteiger partial charge in [-0.15, -0.1) is 0 Å². The average Bonchev–Trinajstić information content (AvgIpc) is 2.79. The third kappa shape index (κ3) is 4.21. The summed E-state index contributed by atoms with van der Waals surface area (Å²) in [5.74, 6) is -0.415. The zero-order valence-electron chi connectivity index (χ0n) is 17.9. The van der Waals surface area contributed by atoms with Crippen molar-refractivity contribution in [1.82, 2.24) is 10.2 Å². The summed E-state index contributed by atoms with van der Waals surface area (Å²) >= 11 is 5.99. The molecule has 1 atom stereocenters. The van der Waals surface area contributed by atoms with Gasteiger partial charge in [-0.3, -0.25) is 9.59 Å². The molecule has 1 aliphatic carbocycles. The summed E-state index contributed by atoms with van der Waals surface area (Å²) < 4.78 is 5.32. The van der Waals surface area contributed by atoms with E-state index in [1.54, 1.807) is 7.11 Å². The maximum atomic E-state index is 13.7. The molecule has 0 radical (unpaired) electrons. The molecule has 2 amide bonds. The number of nitrogens with zero attached hydrogens (tertiary/aromatic N) is 1. The number of rotatable bonds is 6. The third-order valence-electron chi connectivity index (χ3n) is 6.70. The molecule has 2 aliphatic rings. The highest BCUT2D eigenvalue weighted by Crippen LogP contribution is 2.49. The van der Waals surface area contributed by atoms with Gasteiger partial charge < -0.3 is 15.0 Å². The van der Waals surface area contributed by atoms with E-state index < -0.39 is 11.5 Å². The summed E-state index contributed by atoms with van der Waals surface area (Å²) in [6, 6.07) is 15.1. The molecular formula is C25H29ClN2O3.